The van der Waals surface area contributed by atoms with Gasteiger partial charge in [0.15, 0.2) is 0 Å². The van der Waals surface area contributed by atoms with E-state index in [2.05, 4.69) is 30.6 Å². The Bertz CT molecular complexity index is 476. The lowest BCUT2D eigenvalue weighted by Gasteiger charge is -2.38. The Balaban J connectivity index is 1.80. The predicted octanol–water partition coefficient (Wildman–Crippen LogP) is 2.67. The first kappa shape index (κ1) is 15.9. The van der Waals surface area contributed by atoms with Crippen LogP contribution in [0.4, 0.5) is 0 Å². The molecule has 0 spiro atoms. The molecule has 1 saturated heterocycles. The lowest BCUT2D eigenvalue weighted by molar-refractivity contribution is 0.0851. The maximum Gasteiger partial charge on any atom is 0.119 e. The highest BCUT2D eigenvalue weighted by Gasteiger charge is 2.23. The van der Waals surface area contributed by atoms with E-state index in [1.54, 1.807) is 0 Å². The Morgan fingerprint density at radius 2 is 1.86 bits per heavy atom. The van der Waals surface area contributed by atoms with Crippen molar-refractivity contribution in [1.82, 2.24) is 4.90 Å². The van der Waals surface area contributed by atoms with E-state index in [4.69, 9.17) is 9.84 Å². The second-order valence-corrected chi connectivity index (χ2v) is 5.70. The fraction of sp³-hybridized carbons (Fsp3) is 0.556. The van der Waals surface area contributed by atoms with E-state index in [9.17, 15) is 0 Å². The highest BCUT2D eigenvalue weighted by molar-refractivity contribution is 5.38. The molecule has 0 aromatic heterocycles. The maximum atomic E-state index is 8.66. The molecule has 0 saturated carbocycles. The van der Waals surface area contributed by atoms with Gasteiger partial charge in [0.1, 0.15) is 19.0 Å². The zero-order chi connectivity index (χ0) is 15.1. The number of nitrogens with zero attached hydrogens (tertiary/aromatic N) is 1. The van der Waals surface area contributed by atoms with Crippen molar-refractivity contribution in [3.63, 3.8) is 0 Å². The zero-order valence-corrected chi connectivity index (χ0v) is 13.0. The van der Waals surface area contributed by atoms with Crippen LogP contribution in [0, 0.1) is 11.8 Å². The molecule has 1 aromatic carbocycles. The van der Waals surface area contributed by atoms with Crippen LogP contribution in [-0.2, 0) is 0 Å². The second kappa shape index (κ2) is 8.07. The Kier molecular flexibility index (Phi) is 6.10. The summed E-state index contributed by atoms with van der Waals surface area (Å²) in [7, 11) is 0. The Labute approximate surface area is 127 Å². The molecule has 21 heavy (non-hydrogen) atoms. The molecule has 2 atom stereocenters. The second-order valence-electron chi connectivity index (χ2n) is 5.70. The fourth-order valence-electron chi connectivity index (χ4n) is 2.96. The predicted molar refractivity (Wildman–Crippen MR) is 85.4 cm³/mol. The van der Waals surface area contributed by atoms with Crippen molar-refractivity contribution in [3.05, 3.63) is 29.8 Å². The lowest BCUT2D eigenvalue weighted by atomic mass is 9.98. The topological polar surface area (TPSA) is 32.7 Å². The summed E-state index contributed by atoms with van der Waals surface area (Å²) >= 11 is 0. The van der Waals surface area contributed by atoms with Crippen LogP contribution in [0.15, 0.2) is 24.3 Å². The van der Waals surface area contributed by atoms with Crippen LogP contribution >= 0.6 is 0 Å². The number of piperidine rings is 1. The summed E-state index contributed by atoms with van der Waals surface area (Å²) in [5.74, 6) is 6.39. The molecule has 1 aliphatic rings. The molecule has 0 bridgehead atoms. The van der Waals surface area contributed by atoms with Crippen LogP contribution in [0.5, 0.6) is 5.75 Å². The van der Waals surface area contributed by atoms with E-state index in [-0.39, 0.29) is 6.61 Å². The Morgan fingerprint density at radius 3 is 2.48 bits per heavy atom. The summed E-state index contributed by atoms with van der Waals surface area (Å²) in [6, 6.07) is 9.03. The summed E-state index contributed by atoms with van der Waals surface area (Å²) in [5, 5.41) is 8.66. The van der Waals surface area contributed by atoms with Crippen LogP contribution in [0.2, 0.25) is 0 Å². The first-order valence-corrected chi connectivity index (χ1v) is 7.79. The van der Waals surface area contributed by atoms with Gasteiger partial charge in [-0.1, -0.05) is 18.3 Å². The van der Waals surface area contributed by atoms with Gasteiger partial charge in [-0.15, -0.1) is 0 Å². The van der Waals surface area contributed by atoms with E-state index in [1.165, 1.54) is 19.3 Å². The van der Waals surface area contributed by atoms with Gasteiger partial charge in [-0.2, -0.15) is 0 Å². The molecule has 1 heterocycles. The van der Waals surface area contributed by atoms with Gasteiger partial charge in [0.2, 0.25) is 0 Å². The maximum absolute atomic E-state index is 8.66. The molecule has 3 heteroatoms. The average molecular weight is 287 g/mol. The van der Waals surface area contributed by atoms with Crippen molar-refractivity contribution in [1.29, 1.82) is 0 Å². The van der Waals surface area contributed by atoms with Crippen LogP contribution in [-0.4, -0.2) is 41.8 Å². The van der Waals surface area contributed by atoms with Crippen molar-refractivity contribution in [3.8, 4) is 17.6 Å². The van der Waals surface area contributed by atoms with Gasteiger partial charge in [0, 0.05) is 24.2 Å². The normalized spacial score (nSPS) is 22.4. The molecule has 114 valence electrons. The van der Waals surface area contributed by atoms with Gasteiger partial charge >= 0.3 is 0 Å². The minimum atomic E-state index is -0.107. The number of aliphatic hydroxyl groups excluding tert-OH is 1. The number of aliphatic hydroxyl groups is 1. The molecule has 0 aliphatic carbocycles. The number of likely N-dealkylation sites (tertiary alicyclic amines) is 1. The van der Waals surface area contributed by atoms with Gasteiger partial charge < -0.3 is 9.84 Å². The van der Waals surface area contributed by atoms with E-state index in [0.717, 1.165) is 24.5 Å². The van der Waals surface area contributed by atoms with E-state index >= 15 is 0 Å². The number of benzene rings is 1. The number of hydrogen-bond acceptors (Lipinski definition) is 3. The molecule has 1 aromatic rings. The van der Waals surface area contributed by atoms with Crippen LogP contribution in [0.1, 0.15) is 38.7 Å². The van der Waals surface area contributed by atoms with Crippen molar-refractivity contribution in [2.45, 2.75) is 45.2 Å². The molecule has 2 rings (SSSR count). The van der Waals surface area contributed by atoms with Gasteiger partial charge in [-0.3, -0.25) is 4.90 Å². The molecular weight excluding hydrogens is 262 g/mol. The summed E-state index contributed by atoms with van der Waals surface area (Å²) in [6.07, 6.45) is 3.93. The third-order valence-electron chi connectivity index (χ3n) is 4.16. The minimum Gasteiger partial charge on any atom is -0.492 e. The van der Waals surface area contributed by atoms with Gasteiger partial charge in [-0.25, -0.2) is 0 Å². The summed E-state index contributed by atoms with van der Waals surface area (Å²) < 4.78 is 5.83. The zero-order valence-electron chi connectivity index (χ0n) is 13.0. The molecule has 0 radical (unpaired) electrons. The van der Waals surface area contributed by atoms with Gasteiger partial charge in [0.25, 0.3) is 0 Å². The third kappa shape index (κ3) is 4.77. The number of hydrogen-bond donors (Lipinski definition) is 1. The summed E-state index contributed by atoms with van der Waals surface area (Å²) in [5.41, 5.74) is 0.898. The molecular formula is C18H25NO2. The first-order chi connectivity index (χ1) is 10.2. The molecule has 0 amide bonds. The summed E-state index contributed by atoms with van der Waals surface area (Å²) in [6.45, 7) is 6.21. The largest absolute Gasteiger partial charge is 0.492 e. The lowest BCUT2D eigenvalue weighted by Crippen LogP contribution is -2.45. The van der Waals surface area contributed by atoms with Crippen molar-refractivity contribution in [2.24, 2.45) is 0 Å². The number of rotatable bonds is 4. The molecule has 2 unspecified atom stereocenters. The minimum absolute atomic E-state index is 0.107. The van der Waals surface area contributed by atoms with Crippen molar-refractivity contribution in [2.75, 3.05) is 19.8 Å². The monoisotopic (exact) mass is 287 g/mol. The molecule has 1 aliphatic heterocycles. The first-order valence-electron chi connectivity index (χ1n) is 7.79. The highest BCUT2D eigenvalue weighted by Crippen LogP contribution is 2.22. The average Bonchev–Trinajstić information content (AvgIpc) is 2.49. The van der Waals surface area contributed by atoms with Crippen LogP contribution in [0.25, 0.3) is 0 Å². The highest BCUT2D eigenvalue weighted by atomic mass is 16.5. The van der Waals surface area contributed by atoms with Gasteiger partial charge in [0.05, 0.1) is 0 Å². The standard InChI is InChI=1S/C18H25NO2/c1-15-5-3-6-16(2)19(15)12-14-21-18-10-8-17(9-11-18)7-4-13-20/h8-11,15-16,20H,3,5-6,12-14H2,1-2H3. The van der Waals surface area contributed by atoms with Crippen molar-refractivity contribution >= 4 is 0 Å². The Hall–Kier alpha value is -1.50. The summed E-state index contributed by atoms with van der Waals surface area (Å²) in [4.78, 5) is 2.55. The molecule has 1 N–H and O–H groups in total. The van der Waals surface area contributed by atoms with Crippen LogP contribution in [0.3, 0.4) is 0 Å². The van der Waals surface area contributed by atoms with E-state index in [0.29, 0.717) is 12.1 Å². The van der Waals surface area contributed by atoms with Gasteiger partial charge in [-0.05, 0) is 51.0 Å². The van der Waals surface area contributed by atoms with E-state index < -0.39 is 0 Å². The third-order valence-corrected chi connectivity index (χ3v) is 4.16. The Morgan fingerprint density at radius 1 is 1.19 bits per heavy atom. The molecule has 3 nitrogen and oxygen atoms in total. The quantitative estimate of drug-likeness (QED) is 0.864. The molecule has 1 fully saturated rings. The van der Waals surface area contributed by atoms with E-state index in [1.807, 2.05) is 24.3 Å². The SMILES string of the molecule is CC1CCCC(C)N1CCOc1ccc(C#CCO)cc1. The van der Waals surface area contributed by atoms with Crippen molar-refractivity contribution < 1.29 is 9.84 Å². The fourth-order valence-corrected chi connectivity index (χ4v) is 2.96. The smallest absolute Gasteiger partial charge is 0.119 e. The van der Waals surface area contributed by atoms with Crippen LogP contribution < -0.4 is 4.74 Å². The number of ether oxygens (including phenoxy) is 1.